The summed E-state index contributed by atoms with van der Waals surface area (Å²) in [5.41, 5.74) is 3.12. The highest BCUT2D eigenvalue weighted by atomic mass is 79.9. The summed E-state index contributed by atoms with van der Waals surface area (Å²) in [7, 11) is -3.87. The Morgan fingerprint density at radius 3 is 2.20 bits per heavy atom. The first-order chi connectivity index (χ1) is 16.9. The van der Waals surface area contributed by atoms with Gasteiger partial charge in [0.1, 0.15) is 0 Å². The topological polar surface area (TPSA) is 66.7 Å². The first kappa shape index (κ1) is 23.8. The lowest BCUT2D eigenvalue weighted by Gasteiger charge is -2.34. The van der Waals surface area contributed by atoms with Crippen molar-refractivity contribution in [3.05, 3.63) is 94.5 Å². The van der Waals surface area contributed by atoms with Gasteiger partial charge in [0.25, 0.3) is 0 Å². The van der Waals surface area contributed by atoms with Gasteiger partial charge < -0.3 is 9.32 Å². The molecule has 6 nitrogen and oxygen atoms in total. The molecule has 0 unspecified atom stereocenters. The van der Waals surface area contributed by atoms with Crippen LogP contribution in [0.25, 0.3) is 11.5 Å². The van der Waals surface area contributed by atoms with Crippen molar-refractivity contribution in [2.75, 3.05) is 31.1 Å². The predicted molar refractivity (Wildman–Crippen MR) is 140 cm³/mol. The fourth-order valence-corrected chi connectivity index (χ4v) is 5.75. The van der Waals surface area contributed by atoms with E-state index in [0.29, 0.717) is 24.9 Å². The first-order valence-corrected chi connectivity index (χ1v) is 13.8. The Balaban J connectivity index is 1.46. The minimum absolute atomic E-state index is 0.0353. The predicted octanol–water partition coefficient (Wildman–Crippen LogP) is 5.57. The Kier molecular flexibility index (Phi) is 6.77. The lowest BCUT2D eigenvalue weighted by atomic mass is 10.1. The van der Waals surface area contributed by atoms with Gasteiger partial charge in [-0.1, -0.05) is 64.0 Å². The molecule has 0 atom stereocenters. The van der Waals surface area contributed by atoms with Crippen molar-refractivity contribution in [3.8, 4) is 11.5 Å². The second-order valence-electron chi connectivity index (χ2n) is 8.70. The number of sulfone groups is 1. The standard InChI is InChI=1S/C27H26BrN3O3S/c1-20-7-9-22(10-8-20)25-29-26(35(32,33)24-13-11-23(28)12-14-24)27(34-25)31-17-15-30(16-18-31)19-21-5-3-2-4-6-21/h2-14H,15-19H2,1H3. The van der Waals surface area contributed by atoms with E-state index in [1.807, 2.05) is 54.3 Å². The van der Waals surface area contributed by atoms with Gasteiger partial charge in [-0.3, -0.25) is 4.90 Å². The maximum absolute atomic E-state index is 13.6. The van der Waals surface area contributed by atoms with E-state index >= 15 is 0 Å². The number of nitrogens with zero attached hydrogens (tertiary/aromatic N) is 3. The fourth-order valence-electron chi connectivity index (χ4n) is 4.17. The van der Waals surface area contributed by atoms with Crippen LogP contribution in [0.1, 0.15) is 11.1 Å². The molecule has 1 aromatic heterocycles. The van der Waals surface area contributed by atoms with E-state index in [4.69, 9.17) is 4.42 Å². The molecule has 0 aliphatic carbocycles. The Labute approximate surface area is 214 Å². The van der Waals surface area contributed by atoms with Crippen LogP contribution >= 0.6 is 15.9 Å². The molecular formula is C27H26BrN3O3S. The van der Waals surface area contributed by atoms with Crippen LogP contribution in [-0.4, -0.2) is 44.5 Å². The molecule has 8 heteroatoms. The zero-order chi connectivity index (χ0) is 24.4. The van der Waals surface area contributed by atoms with Crippen molar-refractivity contribution in [2.24, 2.45) is 0 Å². The minimum atomic E-state index is -3.87. The Hall–Kier alpha value is -2.94. The van der Waals surface area contributed by atoms with E-state index in [9.17, 15) is 8.42 Å². The Morgan fingerprint density at radius 2 is 1.54 bits per heavy atom. The van der Waals surface area contributed by atoms with Crippen molar-refractivity contribution >= 4 is 31.7 Å². The summed E-state index contributed by atoms with van der Waals surface area (Å²) >= 11 is 3.37. The molecular weight excluding hydrogens is 526 g/mol. The second kappa shape index (κ2) is 9.97. The smallest absolute Gasteiger partial charge is 0.236 e. The number of aryl methyl sites for hydroxylation is 1. The summed E-state index contributed by atoms with van der Waals surface area (Å²) in [5.74, 6) is 0.616. The summed E-state index contributed by atoms with van der Waals surface area (Å²) in [6.45, 7) is 5.77. The number of hydrogen-bond acceptors (Lipinski definition) is 6. The summed E-state index contributed by atoms with van der Waals surface area (Å²) in [4.78, 5) is 9.07. The monoisotopic (exact) mass is 551 g/mol. The van der Waals surface area contributed by atoms with Gasteiger partial charge in [-0.2, -0.15) is 4.98 Å². The van der Waals surface area contributed by atoms with E-state index in [-0.39, 0.29) is 9.92 Å². The average molecular weight is 552 g/mol. The average Bonchev–Trinajstić information content (AvgIpc) is 3.32. The van der Waals surface area contributed by atoms with Gasteiger partial charge in [0.05, 0.1) is 4.90 Å². The lowest BCUT2D eigenvalue weighted by molar-refractivity contribution is 0.245. The molecule has 1 saturated heterocycles. The summed E-state index contributed by atoms with van der Waals surface area (Å²) in [6.07, 6.45) is 0. The number of halogens is 1. The van der Waals surface area contributed by atoms with Crippen molar-refractivity contribution in [2.45, 2.75) is 23.4 Å². The molecule has 5 rings (SSSR count). The summed E-state index contributed by atoms with van der Waals surface area (Å²) in [6, 6.07) is 24.7. The Morgan fingerprint density at radius 1 is 0.886 bits per heavy atom. The maximum Gasteiger partial charge on any atom is 0.236 e. The lowest BCUT2D eigenvalue weighted by Crippen LogP contribution is -2.46. The van der Waals surface area contributed by atoms with Crippen LogP contribution < -0.4 is 4.90 Å². The van der Waals surface area contributed by atoms with Crippen LogP contribution in [0.15, 0.2) is 97.7 Å². The number of aromatic nitrogens is 1. The Bertz CT molecular complexity index is 1390. The van der Waals surface area contributed by atoms with Crippen LogP contribution in [0, 0.1) is 6.92 Å². The van der Waals surface area contributed by atoms with Crippen LogP contribution in [-0.2, 0) is 16.4 Å². The molecule has 0 radical (unpaired) electrons. The van der Waals surface area contributed by atoms with E-state index in [1.54, 1.807) is 24.3 Å². The SMILES string of the molecule is Cc1ccc(-c2nc(S(=O)(=O)c3ccc(Br)cc3)c(N3CCN(Cc4ccccc4)CC3)o2)cc1. The van der Waals surface area contributed by atoms with Crippen LogP contribution in [0.5, 0.6) is 0 Å². The molecule has 0 saturated carbocycles. The molecule has 2 heterocycles. The minimum Gasteiger partial charge on any atom is -0.419 e. The van der Waals surface area contributed by atoms with Crippen molar-refractivity contribution < 1.29 is 12.8 Å². The van der Waals surface area contributed by atoms with Crippen LogP contribution in [0.4, 0.5) is 5.88 Å². The van der Waals surface area contributed by atoms with E-state index in [0.717, 1.165) is 35.2 Å². The molecule has 4 aromatic rings. The van der Waals surface area contributed by atoms with E-state index < -0.39 is 9.84 Å². The number of benzene rings is 3. The molecule has 1 aliphatic rings. The third-order valence-corrected chi connectivity index (χ3v) is 8.36. The summed E-state index contributed by atoms with van der Waals surface area (Å²) in [5, 5.41) is -0.0353. The van der Waals surface area contributed by atoms with E-state index in [2.05, 4.69) is 37.9 Å². The molecule has 3 aromatic carbocycles. The largest absolute Gasteiger partial charge is 0.419 e. The molecule has 180 valence electrons. The van der Waals surface area contributed by atoms with Gasteiger partial charge in [-0.15, -0.1) is 0 Å². The normalized spacial score (nSPS) is 14.9. The highest BCUT2D eigenvalue weighted by Crippen LogP contribution is 2.35. The zero-order valence-electron chi connectivity index (χ0n) is 19.4. The number of rotatable bonds is 6. The third kappa shape index (κ3) is 5.19. The van der Waals surface area contributed by atoms with Crippen molar-refractivity contribution in [1.29, 1.82) is 0 Å². The molecule has 0 N–H and O–H groups in total. The highest BCUT2D eigenvalue weighted by molar-refractivity contribution is 9.10. The molecule has 1 fully saturated rings. The van der Waals surface area contributed by atoms with E-state index in [1.165, 1.54) is 5.56 Å². The van der Waals surface area contributed by atoms with Gasteiger partial charge in [0.2, 0.25) is 26.6 Å². The van der Waals surface area contributed by atoms with Gasteiger partial charge in [-0.05, 0) is 48.9 Å². The van der Waals surface area contributed by atoms with Crippen LogP contribution in [0.2, 0.25) is 0 Å². The molecule has 0 spiro atoms. The summed E-state index contributed by atoms with van der Waals surface area (Å²) < 4.78 is 34.3. The molecule has 0 bridgehead atoms. The number of oxazole rings is 1. The molecule has 0 amide bonds. The van der Waals surface area contributed by atoms with Crippen LogP contribution in [0.3, 0.4) is 0 Å². The fraction of sp³-hybridized carbons (Fsp3) is 0.222. The number of piperazine rings is 1. The first-order valence-electron chi connectivity index (χ1n) is 11.5. The van der Waals surface area contributed by atoms with Gasteiger partial charge in [0.15, 0.2) is 0 Å². The van der Waals surface area contributed by atoms with Crippen molar-refractivity contribution in [1.82, 2.24) is 9.88 Å². The maximum atomic E-state index is 13.6. The molecule has 1 aliphatic heterocycles. The second-order valence-corrected chi connectivity index (χ2v) is 11.5. The number of hydrogen-bond donors (Lipinski definition) is 0. The zero-order valence-corrected chi connectivity index (χ0v) is 21.8. The van der Waals surface area contributed by atoms with Gasteiger partial charge >= 0.3 is 0 Å². The highest BCUT2D eigenvalue weighted by Gasteiger charge is 2.32. The quantitative estimate of drug-likeness (QED) is 0.312. The molecule has 35 heavy (non-hydrogen) atoms. The number of anilines is 1. The van der Waals surface area contributed by atoms with Crippen molar-refractivity contribution in [3.63, 3.8) is 0 Å². The third-order valence-electron chi connectivity index (χ3n) is 6.16. The van der Waals surface area contributed by atoms with Gasteiger partial charge in [-0.25, -0.2) is 8.42 Å². The van der Waals surface area contributed by atoms with Gasteiger partial charge in [0, 0.05) is 42.8 Å².